The predicted molar refractivity (Wildman–Crippen MR) is 59.8 cm³/mol. The van der Waals surface area contributed by atoms with Gasteiger partial charge in [0.1, 0.15) is 4.83 Å². The Morgan fingerprint density at radius 2 is 1.73 bits per heavy atom. The summed E-state index contributed by atoms with van der Waals surface area (Å²) >= 11 is 3.17. The molecule has 0 heterocycles. The van der Waals surface area contributed by atoms with Crippen molar-refractivity contribution in [2.24, 2.45) is 5.92 Å². The first kappa shape index (κ1) is 14.4. The molecular weight excluding hydrogens is 264 g/mol. The van der Waals surface area contributed by atoms with Crippen molar-refractivity contribution in [3.8, 4) is 0 Å². The minimum Gasteiger partial charge on any atom is -0.469 e. The maximum Gasteiger partial charge on any atom is 0.320 e. The van der Waals surface area contributed by atoms with E-state index in [0.29, 0.717) is 6.42 Å². The van der Waals surface area contributed by atoms with Crippen molar-refractivity contribution in [3.05, 3.63) is 0 Å². The zero-order valence-electron chi connectivity index (χ0n) is 9.29. The van der Waals surface area contributed by atoms with Crippen LogP contribution in [0.15, 0.2) is 0 Å². The summed E-state index contributed by atoms with van der Waals surface area (Å²) in [6, 6.07) is 0. The van der Waals surface area contributed by atoms with Gasteiger partial charge in [-0.15, -0.1) is 0 Å². The summed E-state index contributed by atoms with van der Waals surface area (Å²) in [5.74, 6) is -1.29. The lowest BCUT2D eigenvalue weighted by Gasteiger charge is -2.17. The van der Waals surface area contributed by atoms with E-state index in [0.717, 1.165) is 12.8 Å². The minimum atomic E-state index is -0.624. The molecule has 0 amide bonds. The van der Waals surface area contributed by atoms with E-state index in [-0.39, 0.29) is 5.97 Å². The van der Waals surface area contributed by atoms with Crippen LogP contribution in [0.1, 0.15) is 26.2 Å². The highest BCUT2D eigenvalue weighted by atomic mass is 79.9. The first-order chi connectivity index (χ1) is 7.08. The summed E-state index contributed by atoms with van der Waals surface area (Å²) in [7, 11) is 2.61. The summed E-state index contributed by atoms with van der Waals surface area (Å²) < 4.78 is 9.22. The number of unbranched alkanes of at least 4 members (excludes halogenated alkanes) is 1. The van der Waals surface area contributed by atoms with E-state index in [9.17, 15) is 9.59 Å². The van der Waals surface area contributed by atoms with Gasteiger partial charge < -0.3 is 9.47 Å². The number of carbonyl (C=O) groups is 2. The van der Waals surface area contributed by atoms with Crippen molar-refractivity contribution < 1.29 is 19.1 Å². The van der Waals surface area contributed by atoms with Crippen LogP contribution in [0.4, 0.5) is 0 Å². The molecule has 0 saturated heterocycles. The van der Waals surface area contributed by atoms with Crippen LogP contribution in [-0.4, -0.2) is 31.0 Å². The first-order valence-corrected chi connectivity index (χ1v) is 5.79. The van der Waals surface area contributed by atoms with Gasteiger partial charge in [-0.1, -0.05) is 35.7 Å². The molecule has 0 aromatic heterocycles. The molecule has 0 aliphatic carbocycles. The van der Waals surface area contributed by atoms with Gasteiger partial charge in [-0.05, 0) is 6.42 Å². The monoisotopic (exact) mass is 280 g/mol. The highest BCUT2D eigenvalue weighted by Crippen LogP contribution is 2.22. The van der Waals surface area contributed by atoms with E-state index >= 15 is 0 Å². The quantitative estimate of drug-likeness (QED) is 0.551. The number of ether oxygens (including phenoxy) is 2. The summed E-state index contributed by atoms with van der Waals surface area (Å²) in [5.41, 5.74) is 0. The summed E-state index contributed by atoms with van der Waals surface area (Å²) in [6.07, 6.45) is 2.46. The Bertz CT molecular complexity index is 217. The second-order valence-corrected chi connectivity index (χ2v) is 4.18. The lowest BCUT2D eigenvalue weighted by atomic mass is 9.98. The second kappa shape index (κ2) is 7.68. The van der Waals surface area contributed by atoms with E-state index in [1.54, 1.807) is 0 Å². The van der Waals surface area contributed by atoms with Crippen LogP contribution in [0.5, 0.6) is 0 Å². The molecule has 0 aliphatic heterocycles. The summed E-state index contributed by atoms with van der Waals surface area (Å²) in [4.78, 5) is 22.1. The molecule has 2 unspecified atom stereocenters. The van der Waals surface area contributed by atoms with Gasteiger partial charge in [0.2, 0.25) is 0 Å². The Morgan fingerprint density at radius 3 is 2.13 bits per heavy atom. The Kier molecular flexibility index (Phi) is 7.38. The molecule has 0 saturated carbocycles. The van der Waals surface area contributed by atoms with Crippen molar-refractivity contribution in [2.75, 3.05) is 14.2 Å². The van der Waals surface area contributed by atoms with Gasteiger partial charge in [0.15, 0.2) is 0 Å². The van der Waals surface area contributed by atoms with Crippen molar-refractivity contribution >= 4 is 27.9 Å². The molecule has 0 aromatic rings. The third-order valence-electron chi connectivity index (χ3n) is 2.15. The molecule has 0 aliphatic rings. The summed E-state index contributed by atoms with van der Waals surface area (Å²) in [6.45, 7) is 2.02. The van der Waals surface area contributed by atoms with Crippen molar-refractivity contribution in [1.29, 1.82) is 0 Å². The normalized spacial score (nSPS) is 14.1. The predicted octanol–water partition coefficient (Wildman–Crippen LogP) is 1.90. The molecule has 0 bridgehead atoms. The molecule has 0 radical (unpaired) electrons. The molecular formula is C10H17BrO4. The number of esters is 2. The Labute approximate surface area is 98.4 Å². The highest BCUT2D eigenvalue weighted by molar-refractivity contribution is 9.10. The van der Waals surface area contributed by atoms with Gasteiger partial charge in [-0.25, -0.2) is 0 Å². The van der Waals surface area contributed by atoms with Crippen molar-refractivity contribution in [2.45, 2.75) is 31.0 Å². The Morgan fingerprint density at radius 1 is 1.20 bits per heavy atom. The standard InChI is InChI=1S/C10H17BrO4/c1-4-5-6-7(9(12)14-2)8(11)10(13)15-3/h7-8H,4-6H2,1-3H3. The number of carbonyl (C=O) groups excluding carboxylic acids is 2. The maximum atomic E-state index is 11.4. The fraction of sp³-hybridized carbons (Fsp3) is 0.800. The van der Waals surface area contributed by atoms with E-state index in [1.165, 1.54) is 14.2 Å². The van der Waals surface area contributed by atoms with Crippen LogP contribution in [0.3, 0.4) is 0 Å². The zero-order chi connectivity index (χ0) is 11.8. The van der Waals surface area contributed by atoms with Crippen LogP contribution in [0.2, 0.25) is 0 Å². The Balaban J connectivity index is 4.46. The smallest absolute Gasteiger partial charge is 0.320 e. The van der Waals surface area contributed by atoms with E-state index in [2.05, 4.69) is 25.4 Å². The molecule has 4 nitrogen and oxygen atoms in total. The highest BCUT2D eigenvalue weighted by Gasteiger charge is 2.32. The lowest BCUT2D eigenvalue weighted by molar-refractivity contribution is -0.151. The number of halogens is 1. The zero-order valence-corrected chi connectivity index (χ0v) is 10.9. The van der Waals surface area contributed by atoms with Gasteiger partial charge in [-0.3, -0.25) is 9.59 Å². The maximum absolute atomic E-state index is 11.4. The average Bonchev–Trinajstić information content (AvgIpc) is 2.27. The lowest BCUT2D eigenvalue weighted by Crippen LogP contribution is -2.32. The first-order valence-electron chi connectivity index (χ1n) is 4.88. The van der Waals surface area contributed by atoms with Gasteiger partial charge in [0.25, 0.3) is 0 Å². The topological polar surface area (TPSA) is 52.6 Å². The minimum absolute atomic E-state index is 0.379. The SMILES string of the molecule is CCCCC(C(=O)OC)C(Br)C(=O)OC. The van der Waals surface area contributed by atoms with Crippen molar-refractivity contribution in [1.82, 2.24) is 0 Å². The molecule has 0 N–H and O–H groups in total. The molecule has 0 rings (SSSR count). The molecule has 5 heteroatoms. The van der Waals surface area contributed by atoms with Gasteiger partial charge in [-0.2, -0.15) is 0 Å². The van der Waals surface area contributed by atoms with Gasteiger partial charge in [0, 0.05) is 0 Å². The third-order valence-corrected chi connectivity index (χ3v) is 3.16. The van der Waals surface area contributed by atoms with E-state index in [4.69, 9.17) is 0 Å². The number of alkyl halides is 1. The van der Waals surface area contributed by atoms with Gasteiger partial charge >= 0.3 is 11.9 Å². The largest absolute Gasteiger partial charge is 0.469 e. The van der Waals surface area contributed by atoms with Crippen LogP contribution < -0.4 is 0 Å². The average molecular weight is 281 g/mol. The van der Waals surface area contributed by atoms with Gasteiger partial charge in [0.05, 0.1) is 20.1 Å². The molecule has 15 heavy (non-hydrogen) atoms. The van der Waals surface area contributed by atoms with E-state index < -0.39 is 16.7 Å². The number of hydrogen-bond acceptors (Lipinski definition) is 4. The van der Waals surface area contributed by atoms with Crippen LogP contribution >= 0.6 is 15.9 Å². The van der Waals surface area contributed by atoms with Crippen molar-refractivity contribution in [3.63, 3.8) is 0 Å². The molecule has 88 valence electrons. The molecule has 0 fully saturated rings. The fourth-order valence-electron chi connectivity index (χ4n) is 1.24. The third kappa shape index (κ3) is 4.64. The molecule has 0 aromatic carbocycles. The Hall–Kier alpha value is -0.580. The van der Waals surface area contributed by atoms with Crippen LogP contribution in [0.25, 0.3) is 0 Å². The summed E-state index contributed by atoms with van der Waals surface area (Å²) in [5, 5.41) is 0. The molecule has 0 spiro atoms. The molecule has 2 atom stereocenters. The number of hydrogen-bond donors (Lipinski definition) is 0. The number of rotatable bonds is 6. The number of methoxy groups -OCH3 is 2. The van der Waals surface area contributed by atoms with Crippen LogP contribution in [-0.2, 0) is 19.1 Å². The fourth-order valence-corrected chi connectivity index (χ4v) is 1.90. The van der Waals surface area contributed by atoms with E-state index in [1.807, 2.05) is 6.92 Å². The second-order valence-electron chi connectivity index (χ2n) is 3.20. The van der Waals surface area contributed by atoms with Crippen LogP contribution in [0, 0.1) is 5.92 Å².